The number of halogens is 2. The number of nitrogens with zero attached hydrogens (tertiary/aromatic N) is 3. The molecule has 2 amide bonds. The maximum Gasteiger partial charge on any atom is 0.317 e. The highest BCUT2D eigenvalue weighted by atomic mass is 19.3. The number of benzene rings is 1. The van der Waals surface area contributed by atoms with Gasteiger partial charge in [-0.25, -0.2) is 13.6 Å². The number of nitriles is 1. The van der Waals surface area contributed by atoms with Crippen LogP contribution in [0.1, 0.15) is 30.5 Å². The lowest BCUT2D eigenvalue weighted by Gasteiger charge is -2.38. The van der Waals surface area contributed by atoms with Crippen LogP contribution in [0.5, 0.6) is 0 Å². The van der Waals surface area contributed by atoms with Crippen LogP contribution in [-0.2, 0) is 11.8 Å². The third-order valence-corrected chi connectivity index (χ3v) is 5.35. The molecule has 2 atom stereocenters. The second kappa shape index (κ2) is 9.46. The van der Waals surface area contributed by atoms with E-state index in [1.54, 1.807) is 24.4 Å². The maximum atomic E-state index is 13.5. The monoisotopic (exact) mass is 398 g/mol. The quantitative estimate of drug-likeness (QED) is 0.802. The van der Waals surface area contributed by atoms with Gasteiger partial charge in [0.25, 0.3) is 6.43 Å². The lowest BCUT2D eigenvalue weighted by atomic mass is 9.78. The van der Waals surface area contributed by atoms with Crippen molar-refractivity contribution < 1.29 is 13.6 Å². The van der Waals surface area contributed by atoms with Gasteiger partial charge in [0.1, 0.15) is 5.41 Å². The molecule has 3 rings (SSSR count). The van der Waals surface area contributed by atoms with Crippen LogP contribution >= 0.6 is 0 Å². The molecule has 0 spiro atoms. The summed E-state index contributed by atoms with van der Waals surface area (Å²) in [6, 6.07) is 15.2. The summed E-state index contributed by atoms with van der Waals surface area (Å²) in [5.74, 6) is 0. The van der Waals surface area contributed by atoms with Gasteiger partial charge in [0, 0.05) is 19.3 Å². The zero-order valence-corrected chi connectivity index (χ0v) is 16.1. The number of carbonyl (C=O) groups is 1. The number of rotatable bonds is 6. The fourth-order valence-electron chi connectivity index (χ4n) is 3.71. The van der Waals surface area contributed by atoms with Crippen molar-refractivity contribution >= 4 is 6.03 Å². The number of urea groups is 1. The Kier molecular flexibility index (Phi) is 6.76. The predicted octanol–water partition coefficient (Wildman–Crippen LogP) is 3.91. The fourth-order valence-corrected chi connectivity index (χ4v) is 3.71. The topological polar surface area (TPSA) is 69.0 Å². The summed E-state index contributed by atoms with van der Waals surface area (Å²) in [6.45, 7) is 0.567. The van der Waals surface area contributed by atoms with Crippen molar-refractivity contribution in [2.24, 2.45) is 0 Å². The van der Waals surface area contributed by atoms with Gasteiger partial charge >= 0.3 is 6.03 Å². The molecule has 7 heteroatoms. The van der Waals surface area contributed by atoms with Crippen LogP contribution in [0, 0.1) is 11.3 Å². The summed E-state index contributed by atoms with van der Waals surface area (Å²) in [5, 5.41) is 12.3. The first-order valence-corrected chi connectivity index (χ1v) is 9.74. The fraction of sp³-hybridized carbons (Fsp3) is 0.409. The van der Waals surface area contributed by atoms with Crippen LogP contribution in [0.25, 0.3) is 0 Å². The van der Waals surface area contributed by atoms with E-state index in [2.05, 4.69) is 16.4 Å². The highest BCUT2D eigenvalue weighted by Crippen LogP contribution is 2.32. The SMILES string of the molecule is N#CC1(c2ccccn2)CCCN(C(=O)NC(CCc2ccccc2)C(F)F)C1. The Morgan fingerprint density at radius 2 is 2.00 bits per heavy atom. The number of amides is 2. The number of hydrogen-bond acceptors (Lipinski definition) is 3. The minimum Gasteiger partial charge on any atom is -0.329 e. The van der Waals surface area contributed by atoms with Crippen molar-refractivity contribution in [1.82, 2.24) is 15.2 Å². The Bertz CT molecular complexity index is 841. The average molecular weight is 398 g/mol. The Labute approximate surface area is 169 Å². The molecule has 2 aromatic rings. The van der Waals surface area contributed by atoms with Gasteiger partial charge in [-0.1, -0.05) is 36.4 Å². The summed E-state index contributed by atoms with van der Waals surface area (Å²) in [7, 11) is 0. The van der Waals surface area contributed by atoms with E-state index in [1.165, 1.54) is 4.90 Å². The van der Waals surface area contributed by atoms with Gasteiger partial charge in [0.05, 0.1) is 17.8 Å². The number of carbonyl (C=O) groups excluding carboxylic acids is 1. The van der Waals surface area contributed by atoms with E-state index in [-0.39, 0.29) is 13.0 Å². The first-order valence-electron chi connectivity index (χ1n) is 9.74. The van der Waals surface area contributed by atoms with Gasteiger partial charge in [-0.3, -0.25) is 4.98 Å². The Morgan fingerprint density at radius 3 is 2.66 bits per heavy atom. The second-order valence-corrected chi connectivity index (χ2v) is 7.35. The molecule has 1 N–H and O–H groups in total. The number of aryl methyl sites for hydroxylation is 1. The molecule has 2 heterocycles. The van der Waals surface area contributed by atoms with Gasteiger partial charge < -0.3 is 10.2 Å². The van der Waals surface area contributed by atoms with E-state index in [1.807, 2.05) is 30.3 Å². The molecule has 5 nitrogen and oxygen atoms in total. The van der Waals surface area contributed by atoms with Crippen molar-refractivity contribution in [2.45, 2.75) is 43.6 Å². The summed E-state index contributed by atoms with van der Waals surface area (Å²) < 4.78 is 27.0. The molecule has 1 aromatic heterocycles. The van der Waals surface area contributed by atoms with E-state index in [0.29, 0.717) is 31.5 Å². The minimum absolute atomic E-state index is 0.140. The second-order valence-electron chi connectivity index (χ2n) is 7.35. The number of hydrogen-bond donors (Lipinski definition) is 1. The Balaban J connectivity index is 1.65. The minimum atomic E-state index is -2.66. The summed E-state index contributed by atoms with van der Waals surface area (Å²) >= 11 is 0. The van der Waals surface area contributed by atoms with Crippen molar-refractivity contribution in [3.8, 4) is 6.07 Å². The first kappa shape index (κ1) is 20.7. The van der Waals surface area contributed by atoms with Crippen molar-refractivity contribution in [3.05, 3.63) is 66.0 Å². The smallest absolute Gasteiger partial charge is 0.317 e. The average Bonchev–Trinajstić information content (AvgIpc) is 2.77. The molecule has 152 valence electrons. The molecular weight excluding hydrogens is 374 g/mol. The highest BCUT2D eigenvalue weighted by Gasteiger charge is 2.40. The van der Waals surface area contributed by atoms with E-state index in [0.717, 1.165) is 5.56 Å². The summed E-state index contributed by atoms with van der Waals surface area (Å²) in [5.41, 5.74) is 0.639. The first-order chi connectivity index (χ1) is 14.0. The summed E-state index contributed by atoms with van der Waals surface area (Å²) in [6.07, 6.45) is 0.738. The van der Waals surface area contributed by atoms with E-state index < -0.39 is 23.9 Å². The van der Waals surface area contributed by atoms with Gasteiger partial charge in [-0.05, 0) is 43.4 Å². The van der Waals surface area contributed by atoms with Crippen LogP contribution in [0.3, 0.4) is 0 Å². The lowest BCUT2D eigenvalue weighted by molar-refractivity contribution is 0.0893. The molecule has 1 saturated heterocycles. The van der Waals surface area contributed by atoms with E-state index in [9.17, 15) is 18.8 Å². The number of likely N-dealkylation sites (tertiary alicyclic amines) is 1. The Hall–Kier alpha value is -3.01. The summed E-state index contributed by atoms with van der Waals surface area (Å²) in [4.78, 5) is 18.5. The third kappa shape index (κ3) is 5.08. The van der Waals surface area contributed by atoms with Gasteiger partial charge in [-0.2, -0.15) is 5.26 Å². The number of piperidine rings is 1. The number of alkyl halides is 2. The largest absolute Gasteiger partial charge is 0.329 e. The maximum absolute atomic E-state index is 13.5. The zero-order valence-electron chi connectivity index (χ0n) is 16.1. The van der Waals surface area contributed by atoms with Crippen LogP contribution < -0.4 is 5.32 Å². The molecule has 29 heavy (non-hydrogen) atoms. The van der Waals surface area contributed by atoms with Gasteiger partial charge in [-0.15, -0.1) is 0 Å². The number of aromatic nitrogens is 1. The predicted molar refractivity (Wildman–Crippen MR) is 105 cm³/mol. The van der Waals surface area contributed by atoms with Crippen molar-refractivity contribution in [3.63, 3.8) is 0 Å². The molecule has 0 bridgehead atoms. The van der Waals surface area contributed by atoms with E-state index >= 15 is 0 Å². The van der Waals surface area contributed by atoms with Crippen LogP contribution in [0.4, 0.5) is 13.6 Å². The Morgan fingerprint density at radius 1 is 1.24 bits per heavy atom. The van der Waals surface area contributed by atoms with Crippen LogP contribution in [-0.4, -0.2) is 41.5 Å². The standard InChI is InChI=1S/C22H24F2N4O/c23-20(24)18(11-10-17-7-2-1-3-8-17)27-21(29)28-14-6-12-22(15-25,16-28)19-9-4-5-13-26-19/h1-5,7-9,13,18,20H,6,10-12,14,16H2,(H,27,29). The van der Waals surface area contributed by atoms with Crippen LogP contribution in [0.15, 0.2) is 54.7 Å². The van der Waals surface area contributed by atoms with Crippen LogP contribution in [0.2, 0.25) is 0 Å². The van der Waals surface area contributed by atoms with Crippen molar-refractivity contribution in [2.75, 3.05) is 13.1 Å². The molecule has 2 unspecified atom stereocenters. The highest BCUT2D eigenvalue weighted by molar-refractivity contribution is 5.75. The molecule has 0 saturated carbocycles. The number of nitrogens with one attached hydrogen (secondary N) is 1. The zero-order chi connectivity index (χ0) is 20.7. The molecule has 1 aliphatic rings. The molecule has 0 radical (unpaired) electrons. The molecule has 1 fully saturated rings. The number of pyridine rings is 1. The van der Waals surface area contributed by atoms with E-state index in [4.69, 9.17) is 0 Å². The van der Waals surface area contributed by atoms with Gasteiger partial charge in [0.15, 0.2) is 0 Å². The molecule has 1 aliphatic heterocycles. The normalized spacial score (nSPS) is 20.1. The van der Waals surface area contributed by atoms with Gasteiger partial charge in [0.2, 0.25) is 0 Å². The lowest BCUT2D eigenvalue weighted by Crippen LogP contribution is -2.54. The third-order valence-electron chi connectivity index (χ3n) is 5.35. The molecule has 1 aromatic carbocycles. The van der Waals surface area contributed by atoms with Crippen molar-refractivity contribution in [1.29, 1.82) is 5.26 Å². The molecule has 0 aliphatic carbocycles. The molecular formula is C22H24F2N4O.